The van der Waals surface area contributed by atoms with Crippen molar-refractivity contribution in [3.8, 4) is 0 Å². The van der Waals surface area contributed by atoms with E-state index in [0.29, 0.717) is 5.75 Å². The normalized spacial score (nSPS) is 15.8. The molecule has 0 bridgehead atoms. The standard InChI is InChI=1S/C19H23N3O2S/c1-3-5-15-10-18(24)22-16(12-25-19(22)21-15)11-17(23)20-14-8-6-13(4-2)7-9-14/h6-10,16H,3-5,11-12H2,1-2H3,(H,20,23). The van der Waals surface area contributed by atoms with Gasteiger partial charge in [-0.25, -0.2) is 4.98 Å². The van der Waals surface area contributed by atoms with Gasteiger partial charge in [0, 0.05) is 29.6 Å². The number of carbonyl (C=O) groups excluding carboxylic acids is 1. The van der Waals surface area contributed by atoms with Crippen molar-refractivity contribution < 1.29 is 4.79 Å². The summed E-state index contributed by atoms with van der Waals surface area (Å²) in [5, 5.41) is 3.66. The van der Waals surface area contributed by atoms with Crippen LogP contribution in [0.4, 0.5) is 5.69 Å². The molecule has 0 saturated carbocycles. The maximum absolute atomic E-state index is 12.4. The lowest BCUT2D eigenvalue weighted by molar-refractivity contribution is -0.116. The molecule has 25 heavy (non-hydrogen) atoms. The van der Waals surface area contributed by atoms with Gasteiger partial charge in [0.15, 0.2) is 5.16 Å². The number of nitrogens with one attached hydrogen (secondary N) is 1. The Balaban J connectivity index is 1.68. The number of thioether (sulfide) groups is 1. The molecule has 5 nitrogen and oxygen atoms in total. The van der Waals surface area contributed by atoms with Crippen LogP contribution in [-0.2, 0) is 17.6 Å². The third kappa shape index (κ3) is 4.12. The molecule has 1 amide bonds. The highest BCUT2D eigenvalue weighted by atomic mass is 32.2. The summed E-state index contributed by atoms with van der Waals surface area (Å²) in [6.07, 6.45) is 3.02. The fourth-order valence-corrected chi connectivity index (χ4v) is 4.15. The maximum Gasteiger partial charge on any atom is 0.254 e. The van der Waals surface area contributed by atoms with Crippen LogP contribution in [0, 0.1) is 0 Å². The van der Waals surface area contributed by atoms with E-state index < -0.39 is 0 Å². The quantitative estimate of drug-likeness (QED) is 0.805. The van der Waals surface area contributed by atoms with Gasteiger partial charge < -0.3 is 5.32 Å². The molecule has 1 aromatic heterocycles. The molecule has 0 spiro atoms. The SMILES string of the molecule is CCCc1cc(=O)n2c(n1)SCC2CC(=O)Nc1ccc(CC)cc1. The summed E-state index contributed by atoms with van der Waals surface area (Å²) in [4.78, 5) is 29.3. The Kier molecular flexibility index (Phi) is 5.58. The number of anilines is 1. The average Bonchev–Trinajstić information content (AvgIpc) is 2.99. The second-order valence-electron chi connectivity index (χ2n) is 6.26. The summed E-state index contributed by atoms with van der Waals surface area (Å²) in [6.45, 7) is 4.17. The van der Waals surface area contributed by atoms with Crippen molar-refractivity contribution in [3.05, 3.63) is 51.9 Å². The topological polar surface area (TPSA) is 64.0 Å². The van der Waals surface area contributed by atoms with E-state index >= 15 is 0 Å². The Morgan fingerprint density at radius 2 is 2.08 bits per heavy atom. The number of fused-ring (bicyclic) bond motifs is 1. The predicted molar refractivity (Wildman–Crippen MR) is 101 cm³/mol. The summed E-state index contributed by atoms with van der Waals surface area (Å²) in [5.41, 5.74) is 2.81. The van der Waals surface area contributed by atoms with Gasteiger partial charge in [0.25, 0.3) is 5.56 Å². The van der Waals surface area contributed by atoms with Crippen molar-refractivity contribution in [2.45, 2.75) is 50.7 Å². The van der Waals surface area contributed by atoms with Crippen molar-refractivity contribution in [2.24, 2.45) is 0 Å². The van der Waals surface area contributed by atoms with Crippen LogP contribution in [0.15, 0.2) is 40.3 Å². The van der Waals surface area contributed by atoms with Gasteiger partial charge in [-0.3, -0.25) is 14.2 Å². The molecule has 0 radical (unpaired) electrons. The highest BCUT2D eigenvalue weighted by Crippen LogP contribution is 2.32. The molecule has 1 aliphatic rings. The number of carbonyl (C=O) groups is 1. The van der Waals surface area contributed by atoms with Gasteiger partial charge in [-0.2, -0.15) is 0 Å². The molecule has 132 valence electrons. The first-order valence-corrected chi connectivity index (χ1v) is 9.73. The molecular formula is C19H23N3O2S. The number of benzene rings is 1. The monoisotopic (exact) mass is 357 g/mol. The summed E-state index contributed by atoms with van der Waals surface area (Å²) in [5.74, 6) is 0.632. The molecule has 1 aromatic carbocycles. The Hall–Kier alpha value is -2.08. The summed E-state index contributed by atoms with van der Waals surface area (Å²) in [7, 11) is 0. The van der Waals surface area contributed by atoms with Gasteiger partial charge in [0.05, 0.1) is 6.04 Å². The zero-order chi connectivity index (χ0) is 17.8. The van der Waals surface area contributed by atoms with Gasteiger partial charge in [0.2, 0.25) is 5.91 Å². The molecular weight excluding hydrogens is 334 g/mol. The number of nitrogens with zero attached hydrogens (tertiary/aromatic N) is 2. The second kappa shape index (κ2) is 7.87. The number of hydrogen-bond acceptors (Lipinski definition) is 4. The molecule has 1 unspecified atom stereocenters. The zero-order valence-corrected chi connectivity index (χ0v) is 15.4. The van der Waals surface area contributed by atoms with Crippen LogP contribution in [0.1, 0.15) is 44.0 Å². The van der Waals surface area contributed by atoms with E-state index in [1.165, 1.54) is 5.56 Å². The van der Waals surface area contributed by atoms with Gasteiger partial charge >= 0.3 is 0 Å². The lowest BCUT2D eigenvalue weighted by atomic mass is 10.1. The number of aromatic nitrogens is 2. The fraction of sp³-hybridized carbons (Fsp3) is 0.421. The molecule has 0 aliphatic carbocycles. The highest BCUT2D eigenvalue weighted by Gasteiger charge is 2.27. The van der Waals surface area contributed by atoms with E-state index in [4.69, 9.17) is 0 Å². The molecule has 0 saturated heterocycles. The smallest absolute Gasteiger partial charge is 0.254 e. The summed E-state index contributed by atoms with van der Waals surface area (Å²) >= 11 is 1.56. The largest absolute Gasteiger partial charge is 0.326 e. The third-order valence-corrected chi connectivity index (χ3v) is 5.41. The fourth-order valence-electron chi connectivity index (χ4n) is 2.98. The minimum Gasteiger partial charge on any atom is -0.326 e. The van der Waals surface area contributed by atoms with Crippen molar-refractivity contribution in [1.29, 1.82) is 0 Å². The number of amides is 1. The van der Waals surface area contributed by atoms with Crippen LogP contribution in [-0.4, -0.2) is 21.2 Å². The van der Waals surface area contributed by atoms with Gasteiger partial charge in [-0.05, 0) is 30.5 Å². The Morgan fingerprint density at radius 1 is 1.32 bits per heavy atom. The first-order chi connectivity index (χ1) is 12.1. The van der Waals surface area contributed by atoms with Crippen LogP contribution in [0.2, 0.25) is 0 Å². The van der Waals surface area contributed by atoms with Crippen LogP contribution >= 0.6 is 11.8 Å². The van der Waals surface area contributed by atoms with E-state index in [9.17, 15) is 9.59 Å². The molecule has 2 heterocycles. The van der Waals surface area contributed by atoms with Crippen molar-refractivity contribution in [3.63, 3.8) is 0 Å². The maximum atomic E-state index is 12.4. The Bertz CT molecular complexity index is 814. The van der Waals surface area contributed by atoms with Gasteiger partial charge in [-0.1, -0.05) is 44.2 Å². The Labute approximate surface area is 151 Å². The van der Waals surface area contributed by atoms with Crippen LogP contribution in [0.3, 0.4) is 0 Å². The van der Waals surface area contributed by atoms with Crippen LogP contribution in [0.5, 0.6) is 0 Å². The van der Waals surface area contributed by atoms with Crippen LogP contribution in [0.25, 0.3) is 0 Å². The molecule has 1 atom stereocenters. The summed E-state index contributed by atoms with van der Waals surface area (Å²) < 4.78 is 1.67. The zero-order valence-electron chi connectivity index (χ0n) is 14.6. The number of hydrogen-bond donors (Lipinski definition) is 1. The van der Waals surface area contributed by atoms with Crippen LogP contribution < -0.4 is 10.9 Å². The lowest BCUT2D eigenvalue weighted by Crippen LogP contribution is -2.27. The van der Waals surface area contributed by atoms with E-state index in [2.05, 4.69) is 24.1 Å². The van der Waals surface area contributed by atoms with E-state index in [1.807, 2.05) is 24.3 Å². The molecule has 1 N–H and O–H groups in total. The van der Waals surface area contributed by atoms with Crippen molar-refractivity contribution in [1.82, 2.24) is 9.55 Å². The predicted octanol–water partition coefficient (Wildman–Crippen LogP) is 3.43. The Morgan fingerprint density at radius 3 is 2.76 bits per heavy atom. The van der Waals surface area contributed by atoms with Crippen molar-refractivity contribution in [2.75, 3.05) is 11.1 Å². The first kappa shape index (κ1) is 17.7. The second-order valence-corrected chi connectivity index (χ2v) is 7.24. The summed E-state index contributed by atoms with van der Waals surface area (Å²) in [6, 6.07) is 9.33. The molecule has 3 rings (SSSR count). The molecule has 6 heteroatoms. The minimum absolute atomic E-state index is 0.0523. The molecule has 1 aliphatic heterocycles. The molecule has 2 aromatic rings. The number of aryl methyl sites for hydroxylation is 2. The van der Waals surface area contributed by atoms with E-state index in [-0.39, 0.29) is 23.9 Å². The van der Waals surface area contributed by atoms with E-state index in [1.54, 1.807) is 22.4 Å². The van der Waals surface area contributed by atoms with Gasteiger partial charge in [-0.15, -0.1) is 0 Å². The highest BCUT2D eigenvalue weighted by molar-refractivity contribution is 7.99. The van der Waals surface area contributed by atoms with E-state index in [0.717, 1.165) is 35.8 Å². The molecule has 0 fully saturated rings. The first-order valence-electron chi connectivity index (χ1n) is 8.74. The average molecular weight is 357 g/mol. The lowest BCUT2D eigenvalue weighted by Gasteiger charge is -2.13. The van der Waals surface area contributed by atoms with Crippen molar-refractivity contribution >= 4 is 23.4 Å². The third-order valence-electron chi connectivity index (χ3n) is 4.32. The number of rotatable bonds is 6. The van der Waals surface area contributed by atoms with Gasteiger partial charge in [0.1, 0.15) is 0 Å². The minimum atomic E-state index is -0.134.